The summed E-state index contributed by atoms with van der Waals surface area (Å²) in [6.07, 6.45) is 8.24. The van der Waals surface area contributed by atoms with E-state index in [2.05, 4.69) is 112 Å². The van der Waals surface area contributed by atoms with E-state index in [-0.39, 0.29) is 37.6 Å². The van der Waals surface area contributed by atoms with Gasteiger partial charge in [-0.1, -0.05) is 142 Å². The fourth-order valence-electron chi connectivity index (χ4n) is 8.45. The standard InChI is InChI=1S/C30H33N2P.3C7H7.Zr/c1-4-10-23(11-5-1)22-31-29(32-30-19-24-16-25(20-30)18-26(17-24)21-30)33(27-12-6-2-7-13-27)28-14-8-3-9-15-28;3*1-7-5-3-2-4-6-7;/h1-15,24-26,29H,16-22H2;3*2-6H,1H2;/q-2;3*-1;. The van der Waals surface area contributed by atoms with E-state index in [9.17, 15) is 0 Å². The van der Waals surface area contributed by atoms with Gasteiger partial charge in [0.1, 0.15) is 0 Å². The van der Waals surface area contributed by atoms with Crippen molar-refractivity contribution in [2.24, 2.45) is 17.8 Å². The Bertz CT molecular complexity index is 1730. The van der Waals surface area contributed by atoms with Crippen molar-refractivity contribution in [2.45, 2.75) is 56.5 Å². The van der Waals surface area contributed by atoms with Crippen LogP contribution in [0.1, 0.15) is 60.8 Å². The maximum absolute atomic E-state index is 5.80. The Balaban J connectivity index is 0.000000213. The summed E-state index contributed by atoms with van der Waals surface area (Å²) >= 11 is 0. The van der Waals surface area contributed by atoms with Crippen LogP contribution in [0.3, 0.4) is 0 Å². The Morgan fingerprint density at radius 1 is 0.473 bits per heavy atom. The third-order valence-electron chi connectivity index (χ3n) is 10.5. The topological polar surface area (TPSA) is 28.2 Å². The molecule has 0 N–H and O–H groups in total. The number of hydrogen-bond acceptors (Lipinski definition) is 0. The van der Waals surface area contributed by atoms with E-state index in [0.29, 0.717) is 0 Å². The van der Waals surface area contributed by atoms with Crippen molar-refractivity contribution in [2.75, 3.05) is 0 Å². The zero-order chi connectivity index (χ0) is 37.4. The molecule has 6 aromatic carbocycles. The molecule has 55 heavy (non-hydrogen) atoms. The molecule has 0 spiro atoms. The normalized spacial score (nSPS) is 20.6. The van der Waals surface area contributed by atoms with Crippen molar-refractivity contribution in [1.82, 2.24) is 0 Å². The number of nitrogens with zero attached hydrogens (tertiary/aromatic N) is 2. The number of benzene rings is 6. The van der Waals surface area contributed by atoms with Crippen molar-refractivity contribution >= 4 is 18.5 Å². The first-order valence-electron chi connectivity index (χ1n) is 19.4. The second-order valence-electron chi connectivity index (χ2n) is 14.9. The van der Waals surface area contributed by atoms with E-state index in [1.807, 2.05) is 91.0 Å². The molecule has 10 rings (SSSR count). The number of rotatable bonds is 8. The van der Waals surface area contributed by atoms with Gasteiger partial charge in [-0.05, 0) is 47.6 Å². The average Bonchev–Trinajstić information content (AvgIpc) is 3.19. The van der Waals surface area contributed by atoms with Crippen molar-refractivity contribution in [3.05, 3.63) is 236 Å². The zero-order valence-electron chi connectivity index (χ0n) is 32.0. The minimum Gasteiger partial charge on any atom is -0.670 e. The molecule has 0 aliphatic heterocycles. The van der Waals surface area contributed by atoms with Gasteiger partial charge in [0.25, 0.3) is 0 Å². The molecule has 282 valence electrons. The Morgan fingerprint density at radius 2 is 0.782 bits per heavy atom. The minimum atomic E-state index is -0.696. The van der Waals surface area contributed by atoms with E-state index >= 15 is 0 Å². The molecule has 1 atom stereocenters. The molecule has 0 radical (unpaired) electrons. The molecule has 0 aromatic heterocycles. The largest absolute Gasteiger partial charge is 0.670 e. The third kappa shape index (κ3) is 13.4. The summed E-state index contributed by atoms with van der Waals surface area (Å²) in [6.45, 7) is 11.9. The predicted molar refractivity (Wildman–Crippen MR) is 233 cm³/mol. The quantitative estimate of drug-likeness (QED) is 0.108. The Labute approximate surface area is 352 Å². The maximum Gasteiger partial charge on any atom is 0 e. The molecule has 4 saturated carbocycles. The van der Waals surface area contributed by atoms with Crippen LogP contribution in [0.5, 0.6) is 0 Å². The van der Waals surface area contributed by atoms with Crippen LogP contribution in [0.4, 0.5) is 0 Å². The molecule has 0 amide bonds. The first kappa shape index (κ1) is 42.3. The molecule has 0 heterocycles. The van der Waals surface area contributed by atoms with Gasteiger partial charge in [0.05, 0.1) is 0 Å². The van der Waals surface area contributed by atoms with Gasteiger partial charge in [0.2, 0.25) is 0 Å². The summed E-state index contributed by atoms with van der Waals surface area (Å²) in [4.78, 5) is 0. The summed E-state index contributed by atoms with van der Waals surface area (Å²) in [6, 6.07) is 62.4. The van der Waals surface area contributed by atoms with Crippen molar-refractivity contribution < 1.29 is 26.2 Å². The molecule has 4 bridgehead atoms. The molecular weight excluding hydrogens is 763 g/mol. The van der Waals surface area contributed by atoms with Crippen molar-refractivity contribution in [1.29, 1.82) is 0 Å². The van der Waals surface area contributed by atoms with E-state index in [1.165, 1.54) is 54.7 Å². The molecule has 1 unspecified atom stereocenters. The first-order valence-corrected chi connectivity index (χ1v) is 20.8. The molecule has 6 aromatic rings. The van der Waals surface area contributed by atoms with Crippen LogP contribution in [0, 0.1) is 38.5 Å². The van der Waals surface area contributed by atoms with Gasteiger partial charge in [-0.2, -0.15) is 73.9 Å². The SMILES string of the molecule is [CH2-]c1ccccc1.[CH2-]c1ccccc1.[CH2-]c1ccccc1.[Zr].c1ccc(C[N-]C([N-]C23CC4CC(CC(C4)C2)C3)P(c2ccccc2)c2ccccc2)cc1. The molecular formula is C51H54N2PZr-5. The molecule has 4 heteroatoms. The molecule has 2 nitrogen and oxygen atoms in total. The average molecular weight is 817 g/mol. The monoisotopic (exact) mass is 815 g/mol. The van der Waals surface area contributed by atoms with Crippen LogP contribution >= 0.6 is 7.92 Å². The van der Waals surface area contributed by atoms with Crippen LogP contribution in [0.15, 0.2) is 182 Å². The van der Waals surface area contributed by atoms with Crippen LogP contribution in [0.2, 0.25) is 0 Å². The first-order chi connectivity index (χ1) is 26.4. The second kappa shape index (κ2) is 22.0. The summed E-state index contributed by atoms with van der Waals surface area (Å²) in [5, 5.41) is 14.0. The van der Waals surface area contributed by atoms with Crippen LogP contribution in [-0.2, 0) is 32.7 Å². The summed E-state index contributed by atoms with van der Waals surface area (Å²) in [7, 11) is -0.696. The van der Waals surface area contributed by atoms with E-state index in [1.54, 1.807) is 0 Å². The summed E-state index contributed by atoms with van der Waals surface area (Å²) in [5.74, 6) is 2.69. The third-order valence-corrected chi connectivity index (χ3v) is 13.0. The second-order valence-corrected chi connectivity index (χ2v) is 17.2. The molecule has 4 aliphatic carbocycles. The zero-order valence-corrected chi connectivity index (χ0v) is 35.4. The van der Waals surface area contributed by atoms with Crippen LogP contribution < -0.4 is 10.6 Å². The fraction of sp³-hybridized carbons (Fsp3) is 0.235. The Kier molecular flexibility index (Phi) is 17.0. The summed E-state index contributed by atoms with van der Waals surface area (Å²) in [5.41, 5.74) is 4.65. The van der Waals surface area contributed by atoms with Gasteiger partial charge in [0, 0.05) is 26.2 Å². The predicted octanol–water partition coefficient (Wildman–Crippen LogP) is 12.9. The molecule has 4 aliphatic rings. The number of hydrogen-bond donors (Lipinski definition) is 0. The van der Waals surface area contributed by atoms with Gasteiger partial charge in [-0.15, -0.1) is 48.5 Å². The van der Waals surface area contributed by atoms with Gasteiger partial charge in [-0.25, -0.2) is 5.91 Å². The van der Waals surface area contributed by atoms with Gasteiger partial charge in [0.15, 0.2) is 0 Å². The Hall–Kier alpha value is -3.84. The minimum absolute atomic E-state index is 0. The van der Waals surface area contributed by atoms with Crippen molar-refractivity contribution in [3.8, 4) is 0 Å². The van der Waals surface area contributed by atoms with E-state index in [4.69, 9.17) is 10.6 Å². The van der Waals surface area contributed by atoms with E-state index in [0.717, 1.165) is 41.0 Å². The Morgan fingerprint density at radius 3 is 1.09 bits per heavy atom. The van der Waals surface area contributed by atoms with Crippen molar-refractivity contribution in [3.63, 3.8) is 0 Å². The van der Waals surface area contributed by atoms with Gasteiger partial charge < -0.3 is 10.6 Å². The van der Waals surface area contributed by atoms with Gasteiger partial charge in [-0.3, -0.25) is 0 Å². The summed E-state index contributed by atoms with van der Waals surface area (Å²) < 4.78 is 0. The van der Waals surface area contributed by atoms with E-state index < -0.39 is 7.92 Å². The maximum atomic E-state index is 5.80. The smallest absolute Gasteiger partial charge is 0 e. The van der Waals surface area contributed by atoms with Crippen LogP contribution in [0.25, 0.3) is 10.6 Å². The molecule has 0 saturated heterocycles. The van der Waals surface area contributed by atoms with Gasteiger partial charge >= 0.3 is 0 Å². The van der Waals surface area contributed by atoms with Crippen LogP contribution in [-0.4, -0.2) is 11.4 Å². The molecule has 4 fully saturated rings. The fourth-order valence-corrected chi connectivity index (χ4v) is 10.9.